The van der Waals surface area contributed by atoms with E-state index in [9.17, 15) is 15.2 Å². The predicted molar refractivity (Wildman–Crippen MR) is 74.1 cm³/mol. The number of aliphatic hydroxyl groups is 1. The number of aliphatic hydroxyl groups excluding tert-OH is 1. The Bertz CT molecular complexity index is 393. The molecule has 0 aliphatic rings. The van der Waals surface area contributed by atoms with Gasteiger partial charge in [0.15, 0.2) is 0 Å². The highest BCUT2D eigenvalue weighted by Crippen LogP contribution is 2.17. The molecule has 0 saturated carbocycles. The van der Waals surface area contributed by atoms with Crippen LogP contribution in [0.15, 0.2) is 24.3 Å². The molecule has 19 heavy (non-hydrogen) atoms. The fourth-order valence-electron chi connectivity index (χ4n) is 1.70. The number of nitrogens with zero attached hydrogens (tertiary/aromatic N) is 2. The molecule has 0 spiro atoms. The Morgan fingerprint density at radius 3 is 2.53 bits per heavy atom. The first-order chi connectivity index (χ1) is 9.00. The first-order valence-electron chi connectivity index (χ1n) is 6.28. The molecule has 1 aromatic rings. The Morgan fingerprint density at radius 2 is 2.00 bits per heavy atom. The maximum absolute atomic E-state index is 10.5. The van der Waals surface area contributed by atoms with Crippen molar-refractivity contribution in [2.45, 2.75) is 12.5 Å². The molecule has 1 atom stereocenters. The van der Waals surface area contributed by atoms with Crippen molar-refractivity contribution in [2.75, 3.05) is 33.7 Å². The van der Waals surface area contributed by atoms with Gasteiger partial charge in [0.25, 0.3) is 5.69 Å². The lowest BCUT2D eigenvalue weighted by Gasteiger charge is -2.13. The zero-order valence-corrected chi connectivity index (χ0v) is 11.4. The summed E-state index contributed by atoms with van der Waals surface area (Å²) in [6.45, 7) is 2.29. The number of non-ortho nitro benzene ring substituents is 1. The van der Waals surface area contributed by atoms with E-state index in [2.05, 4.69) is 10.2 Å². The largest absolute Gasteiger partial charge is 0.387 e. The van der Waals surface area contributed by atoms with Gasteiger partial charge in [-0.05, 0) is 51.3 Å². The van der Waals surface area contributed by atoms with E-state index in [0.717, 1.165) is 19.5 Å². The Balaban J connectivity index is 2.33. The number of nitro groups is 1. The highest BCUT2D eigenvalue weighted by Gasteiger charge is 2.09. The van der Waals surface area contributed by atoms with Gasteiger partial charge in [-0.25, -0.2) is 0 Å². The van der Waals surface area contributed by atoms with Gasteiger partial charge in [0.1, 0.15) is 0 Å². The van der Waals surface area contributed by atoms with E-state index in [1.54, 1.807) is 12.1 Å². The van der Waals surface area contributed by atoms with Crippen molar-refractivity contribution in [1.82, 2.24) is 10.2 Å². The minimum Gasteiger partial charge on any atom is -0.387 e. The van der Waals surface area contributed by atoms with Gasteiger partial charge in [0, 0.05) is 18.7 Å². The van der Waals surface area contributed by atoms with Crippen molar-refractivity contribution in [3.63, 3.8) is 0 Å². The monoisotopic (exact) mass is 267 g/mol. The quantitative estimate of drug-likeness (QED) is 0.420. The molecule has 1 unspecified atom stereocenters. The number of nitrogens with one attached hydrogen (secondary N) is 1. The minimum atomic E-state index is -0.639. The molecular formula is C13H21N3O3. The molecule has 0 fully saturated rings. The van der Waals surface area contributed by atoms with Crippen LogP contribution in [-0.4, -0.2) is 48.7 Å². The second-order valence-electron chi connectivity index (χ2n) is 4.73. The van der Waals surface area contributed by atoms with Gasteiger partial charge < -0.3 is 15.3 Å². The van der Waals surface area contributed by atoms with E-state index in [0.29, 0.717) is 12.1 Å². The van der Waals surface area contributed by atoms with Crippen LogP contribution in [0.4, 0.5) is 5.69 Å². The van der Waals surface area contributed by atoms with Gasteiger partial charge in [-0.1, -0.05) is 0 Å². The summed E-state index contributed by atoms with van der Waals surface area (Å²) in [5.41, 5.74) is 0.723. The standard InChI is InChI=1S/C13H21N3O3/c1-15(2)9-3-8-14-10-13(17)11-4-6-12(7-5-11)16(18)19/h4-7,13-14,17H,3,8-10H2,1-2H3. The third kappa shape index (κ3) is 5.78. The van der Waals surface area contributed by atoms with E-state index in [4.69, 9.17) is 0 Å². The van der Waals surface area contributed by atoms with Crippen molar-refractivity contribution < 1.29 is 10.0 Å². The maximum atomic E-state index is 10.5. The van der Waals surface area contributed by atoms with Gasteiger partial charge in [-0.3, -0.25) is 10.1 Å². The van der Waals surface area contributed by atoms with Crippen LogP contribution in [0, 0.1) is 10.1 Å². The molecule has 6 nitrogen and oxygen atoms in total. The lowest BCUT2D eigenvalue weighted by molar-refractivity contribution is -0.384. The molecule has 0 saturated heterocycles. The summed E-state index contributed by atoms with van der Waals surface area (Å²) in [5.74, 6) is 0. The average Bonchev–Trinajstić information content (AvgIpc) is 2.37. The fourth-order valence-corrected chi connectivity index (χ4v) is 1.70. The van der Waals surface area contributed by atoms with E-state index >= 15 is 0 Å². The third-order valence-electron chi connectivity index (χ3n) is 2.79. The van der Waals surface area contributed by atoms with Crippen LogP contribution in [0.2, 0.25) is 0 Å². The molecule has 1 aromatic carbocycles. The highest BCUT2D eigenvalue weighted by atomic mass is 16.6. The van der Waals surface area contributed by atoms with Crippen molar-refractivity contribution >= 4 is 5.69 Å². The summed E-state index contributed by atoms with van der Waals surface area (Å²) in [6.07, 6.45) is 0.375. The van der Waals surface area contributed by atoms with Crippen LogP contribution in [0.25, 0.3) is 0 Å². The summed E-state index contributed by atoms with van der Waals surface area (Å²) in [4.78, 5) is 12.2. The molecule has 0 amide bonds. The maximum Gasteiger partial charge on any atom is 0.269 e. The van der Waals surface area contributed by atoms with Crippen LogP contribution >= 0.6 is 0 Å². The molecule has 0 radical (unpaired) electrons. The van der Waals surface area contributed by atoms with Gasteiger partial charge in [-0.2, -0.15) is 0 Å². The first kappa shape index (κ1) is 15.6. The van der Waals surface area contributed by atoms with Crippen molar-refractivity contribution in [3.8, 4) is 0 Å². The normalized spacial score (nSPS) is 12.6. The Morgan fingerprint density at radius 1 is 1.37 bits per heavy atom. The zero-order valence-electron chi connectivity index (χ0n) is 11.4. The summed E-state index contributed by atoms with van der Waals surface area (Å²) in [5, 5.41) is 23.6. The van der Waals surface area contributed by atoms with Crippen LogP contribution < -0.4 is 5.32 Å². The second-order valence-corrected chi connectivity index (χ2v) is 4.73. The van der Waals surface area contributed by atoms with Crippen molar-refractivity contribution in [1.29, 1.82) is 0 Å². The lowest BCUT2D eigenvalue weighted by atomic mass is 10.1. The van der Waals surface area contributed by atoms with E-state index < -0.39 is 11.0 Å². The highest BCUT2D eigenvalue weighted by molar-refractivity contribution is 5.33. The summed E-state index contributed by atoms with van der Waals surface area (Å²) in [6, 6.07) is 5.99. The number of rotatable bonds is 8. The van der Waals surface area contributed by atoms with Gasteiger partial charge >= 0.3 is 0 Å². The molecule has 0 aliphatic heterocycles. The SMILES string of the molecule is CN(C)CCCNCC(O)c1ccc([N+](=O)[O-])cc1. The second kappa shape index (κ2) is 7.83. The Labute approximate surface area is 113 Å². The molecule has 2 N–H and O–H groups in total. The number of hydrogen-bond donors (Lipinski definition) is 2. The van der Waals surface area contributed by atoms with Crippen LogP contribution in [0.1, 0.15) is 18.1 Å². The minimum absolute atomic E-state index is 0.0369. The summed E-state index contributed by atoms with van der Waals surface area (Å²) < 4.78 is 0. The molecule has 0 heterocycles. The van der Waals surface area contributed by atoms with Crippen LogP contribution in [0.3, 0.4) is 0 Å². The molecule has 0 bridgehead atoms. The zero-order chi connectivity index (χ0) is 14.3. The molecule has 6 heteroatoms. The third-order valence-corrected chi connectivity index (χ3v) is 2.79. The topological polar surface area (TPSA) is 78.6 Å². The predicted octanol–water partition coefficient (Wildman–Crippen LogP) is 1.17. The van der Waals surface area contributed by atoms with Gasteiger partial charge in [0.05, 0.1) is 11.0 Å². The van der Waals surface area contributed by atoms with Gasteiger partial charge in [-0.15, -0.1) is 0 Å². The number of benzene rings is 1. The smallest absolute Gasteiger partial charge is 0.269 e. The van der Waals surface area contributed by atoms with Crippen molar-refractivity contribution in [2.24, 2.45) is 0 Å². The lowest BCUT2D eigenvalue weighted by Crippen LogP contribution is -2.25. The molecule has 0 aliphatic carbocycles. The Hall–Kier alpha value is -1.50. The van der Waals surface area contributed by atoms with Crippen LogP contribution in [-0.2, 0) is 0 Å². The molecule has 0 aromatic heterocycles. The number of nitro benzene ring substituents is 1. The number of hydrogen-bond acceptors (Lipinski definition) is 5. The van der Waals surface area contributed by atoms with Gasteiger partial charge in [0.2, 0.25) is 0 Å². The Kier molecular flexibility index (Phi) is 6.41. The van der Waals surface area contributed by atoms with E-state index in [-0.39, 0.29) is 5.69 Å². The fraction of sp³-hybridized carbons (Fsp3) is 0.538. The molecule has 106 valence electrons. The summed E-state index contributed by atoms with van der Waals surface area (Å²) in [7, 11) is 4.04. The van der Waals surface area contributed by atoms with Crippen LogP contribution in [0.5, 0.6) is 0 Å². The summed E-state index contributed by atoms with van der Waals surface area (Å²) >= 11 is 0. The molecule has 1 rings (SSSR count). The molecular weight excluding hydrogens is 246 g/mol. The van der Waals surface area contributed by atoms with E-state index in [1.807, 2.05) is 14.1 Å². The van der Waals surface area contributed by atoms with E-state index in [1.165, 1.54) is 12.1 Å². The first-order valence-corrected chi connectivity index (χ1v) is 6.28. The average molecular weight is 267 g/mol. The van der Waals surface area contributed by atoms with Crippen molar-refractivity contribution in [3.05, 3.63) is 39.9 Å².